The Balaban J connectivity index is 2.10. The lowest BCUT2D eigenvalue weighted by molar-refractivity contribution is -0.145. The summed E-state index contributed by atoms with van der Waals surface area (Å²) in [4.78, 5) is 27.2. The second-order valence-corrected chi connectivity index (χ2v) is 6.74. The molecule has 0 atom stereocenters. The van der Waals surface area contributed by atoms with E-state index in [0.717, 1.165) is 23.2 Å². The van der Waals surface area contributed by atoms with Gasteiger partial charge in [0.25, 0.3) is 0 Å². The molecule has 2 aromatic carbocycles. The number of anilines is 1. The Bertz CT molecular complexity index is 739. The minimum atomic E-state index is -1.15. The molecule has 2 aromatic rings. The number of hydrogen-bond donors (Lipinski definition) is 1. The highest BCUT2D eigenvalue weighted by atomic mass is 16.2. The number of para-hydroxylation sites is 1. The van der Waals surface area contributed by atoms with Crippen LogP contribution in [0.3, 0.4) is 0 Å². The number of nitrogens with zero attached hydrogens (tertiary/aromatic N) is 1. The molecule has 4 nitrogen and oxygen atoms in total. The van der Waals surface area contributed by atoms with Gasteiger partial charge < -0.3 is 10.2 Å². The van der Waals surface area contributed by atoms with Crippen LogP contribution in [0.1, 0.15) is 31.9 Å². The molecule has 0 aliphatic carbocycles. The predicted molar refractivity (Wildman–Crippen MR) is 101 cm³/mol. The van der Waals surface area contributed by atoms with E-state index in [0.29, 0.717) is 6.54 Å². The molecule has 0 saturated carbocycles. The Labute approximate surface area is 149 Å². The molecule has 0 spiro atoms. The van der Waals surface area contributed by atoms with E-state index in [2.05, 4.69) is 5.32 Å². The van der Waals surface area contributed by atoms with Gasteiger partial charge in [-0.05, 0) is 37.5 Å². The van der Waals surface area contributed by atoms with Crippen molar-refractivity contribution in [3.05, 3.63) is 65.7 Å². The van der Waals surface area contributed by atoms with Crippen molar-refractivity contribution in [2.75, 3.05) is 12.4 Å². The van der Waals surface area contributed by atoms with Gasteiger partial charge in [-0.3, -0.25) is 9.59 Å². The van der Waals surface area contributed by atoms with Gasteiger partial charge in [-0.1, -0.05) is 55.5 Å². The lowest BCUT2D eigenvalue weighted by atomic mass is 9.90. The van der Waals surface area contributed by atoms with E-state index in [9.17, 15) is 9.59 Å². The molecule has 25 heavy (non-hydrogen) atoms. The monoisotopic (exact) mass is 338 g/mol. The summed E-state index contributed by atoms with van der Waals surface area (Å²) in [6.45, 7) is 5.85. The van der Waals surface area contributed by atoms with Gasteiger partial charge in [0.05, 0.1) is 0 Å². The highest BCUT2D eigenvalue weighted by Gasteiger charge is 2.38. The van der Waals surface area contributed by atoms with Crippen LogP contribution in [0.4, 0.5) is 5.69 Å². The number of carbonyl (C=O) groups is 2. The molecular weight excluding hydrogens is 312 g/mol. The van der Waals surface area contributed by atoms with Gasteiger partial charge in [-0.2, -0.15) is 0 Å². The Kier molecular flexibility index (Phi) is 5.97. The number of amides is 2. The SMILES string of the molecule is CCc1ccccc1NC(=O)C(C)(C)C(=O)N(C)Cc1ccccc1. The topological polar surface area (TPSA) is 49.4 Å². The van der Waals surface area contributed by atoms with E-state index in [1.54, 1.807) is 25.8 Å². The highest BCUT2D eigenvalue weighted by Crippen LogP contribution is 2.24. The van der Waals surface area contributed by atoms with Crippen molar-refractivity contribution in [3.63, 3.8) is 0 Å². The van der Waals surface area contributed by atoms with E-state index in [-0.39, 0.29) is 11.8 Å². The molecule has 0 radical (unpaired) electrons. The normalized spacial score (nSPS) is 11.0. The molecular formula is C21H26N2O2. The molecule has 0 aromatic heterocycles. The van der Waals surface area contributed by atoms with Crippen LogP contribution in [0, 0.1) is 5.41 Å². The van der Waals surface area contributed by atoms with Crippen LogP contribution in [-0.2, 0) is 22.6 Å². The fourth-order valence-electron chi connectivity index (χ4n) is 2.73. The Morgan fingerprint density at radius 2 is 1.60 bits per heavy atom. The van der Waals surface area contributed by atoms with Crippen LogP contribution in [0.2, 0.25) is 0 Å². The number of nitrogens with one attached hydrogen (secondary N) is 1. The Hall–Kier alpha value is -2.62. The van der Waals surface area contributed by atoms with Crippen molar-refractivity contribution in [1.82, 2.24) is 4.90 Å². The molecule has 0 aliphatic rings. The van der Waals surface area contributed by atoms with Crippen molar-refractivity contribution >= 4 is 17.5 Å². The van der Waals surface area contributed by atoms with Crippen LogP contribution in [0.15, 0.2) is 54.6 Å². The maximum Gasteiger partial charge on any atom is 0.239 e. The molecule has 0 aliphatic heterocycles. The first-order valence-electron chi connectivity index (χ1n) is 8.55. The molecule has 0 bridgehead atoms. The Morgan fingerprint density at radius 1 is 1.00 bits per heavy atom. The lowest BCUT2D eigenvalue weighted by Gasteiger charge is -2.28. The zero-order chi connectivity index (χ0) is 18.4. The second kappa shape index (κ2) is 7.97. The van der Waals surface area contributed by atoms with E-state index < -0.39 is 5.41 Å². The standard InChI is InChI=1S/C21H26N2O2/c1-5-17-13-9-10-14-18(17)22-19(24)21(2,3)20(25)23(4)15-16-11-7-6-8-12-16/h6-14H,5,15H2,1-4H3,(H,22,24). The minimum Gasteiger partial charge on any atom is -0.341 e. The number of rotatable bonds is 6. The summed E-state index contributed by atoms with van der Waals surface area (Å²) < 4.78 is 0. The maximum atomic E-state index is 12.8. The quantitative estimate of drug-likeness (QED) is 0.813. The molecule has 0 unspecified atom stereocenters. The third kappa shape index (κ3) is 4.47. The smallest absolute Gasteiger partial charge is 0.239 e. The molecule has 0 heterocycles. The average molecular weight is 338 g/mol. The van der Waals surface area contributed by atoms with Gasteiger partial charge in [0.1, 0.15) is 5.41 Å². The zero-order valence-electron chi connectivity index (χ0n) is 15.4. The largest absolute Gasteiger partial charge is 0.341 e. The summed E-state index contributed by atoms with van der Waals surface area (Å²) >= 11 is 0. The van der Waals surface area contributed by atoms with Crippen LogP contribution >= 0.6 is 0 Å². The van der Waals surface area contributed by atoms with E-state index in [1.165, 1.54) is 0 Å². The zero-order valence-corrected chi connectivity index (χ0v) is 15.4. The van der Waals surface area contributed by atoms with Crippen molar-refractivity contribution in [1.29, 1.82) is 0 Å². The molecule has 2 rings (SSSR count). The fourth-order valence-corrected chi connectivity index (χ4v) is 2.73. The first kappa shape index (κ1) is 18.7. The fraction of sp³-hybridized carbons (Fsp3) is 0.333. The average Bonchev–Trinajstić information content (AvgIpc) is 2.62. The van der Waals surface area contributed by atoms with E-state index in [4.69, 9.17) is 0 Å². The van der Waals surface area contributed by atoms with Crippen molar-refractivity contribution in [2.24, 2.45) is 5.41 Å². The van der Waals surface area contributed by atoms with Crippen LogP contribution in [0.25, 0.3) is 0 Å². The number of carbonyl (C=O) groups excluding carboxylic acids is 2. The molecule has 0 saturated heterocycles. The first-order chi connectivity index (χ1) is 11.9. The summed E-state index contributed by atoms with van der Waals surface area (Å²) in [6, 6.07) is 17.4. The van der Waals surface area contributed by atoms with Crippen molar-refractivity contribution in [2.45, 2.75) is 33.7 Å². The van der Waals surface area contributed by atoms with E-state index >= 15 is 0 Å². The van der Waals surface area contributed by atoms with Gasteiger partial charge in [0.2, 0.25) is 11.8 Å². The third-order valence-corrected chi connectivity index (χ3v) is 4.36. The summed E-state index contributed by atoms with van der Waals surface area (Å²) in [6.07, 6.45) is 0.818. The van der Waals surface area contributed by atoms with Crippen molar-refractivity contribution < 1.29 is 9.59 Å². The van der Waals surface area contributed by atoms with Crippen LogP contribution < -0.4 is 5.32 Å². The predicted octanol–water partition coefficient (Wildman–Crippen LogP) is 3.87. The highest BCUT2D eigenvalue weighted by molar-refractivity contribution is 6.10. The van der Waals surface area contributed by atoms with Gasteiger partial charge >= 0.3 is 0 Å². The summed E-state index contributed by atoms with van der Waals surface area (Å²) in [7, 11) is 1.73. The third-order valence-electron chi connectivity index (χ3n) is 4.36. The summed E-state index contributed by atoms with van der Waals surface area (Å²) in [5.41, 5.74) is 1.70. The maximum absolute atomic E-state index is 12.8. The lowest BCUT2D eigenvalue weighted by Crippen LogP contribution is -2.45. The van der Waals surface area contributed by atoms with Gasteiger partial charge in [0, 0.05) is 19.3 Å². The number of benzene rings is 2. The molecule has 0 fully saturated rings. The second-order valence-electron chi connectivity index (χ2n) is 6.74. The molecule has 2 amide bonds. The molecule has 1 N–H and O–H groups in total. The van der Waals surface area contributed by atoms with Crippen molar-refractivity contribution in [3.8, 4) is 0 Å². The molecule has 4 heteroatoms. The van der Waals surface area contributed by atoms with Gasteiger partial charge in [0.15, 0.2) is 0 Å². The summed E-state index contributed by atoms with van der Waals surface area (Å²) in [5.74, 6) is -0.499. The van der Waals surface area contributed by atoms with E-state index in [1.807, 2.05) is 61.5 Å². The van der Waals surface area contributed by atoms with Crippen LogP contribution in [0.5, 0.6) is 0 Å². The minimum absolute atomic E-state index is 0.206. The number of hydrogen-bond acceptors (Lipinski definition) is 2. The van der Waals surface area contributed by atoms with Gasteiger partial charge in [-0.15, -0.1) is 0 Å². The Morgan fingerprint density at radius 3 is 2.24 bits per heavy atom. The summed E-state index contributed by atoms with van der Waals surface area (Å²) in [5, 5.41) is 2.91. The number of aryl methyl sites for hydroxylation is 1. The molecule has 132 valence electrons. The van der Waals surface area contributed by atoms with Crippen LogP contribution in [-0.4, -0.2) is 23.8 Å². The van der Waals surface area contributed by atoms with Gasteiger partial charge in [-0.25, -0.2) is 0 Å². The first-order valence-corrected chi connectivity index (χ1v) is 8.55.